The molecule has 0 unspecified atom stereocenters. The molecule has 2 saturated heterocycles. The summed E-state index contributed by atoms with van der Waals surface area (Å²) >= 11 is 0. The number of anilines is 2. The van der Waals surface area contributed by atoms with Crippen LogP contribution in [0.4, 0.5) is 16.3 Å². The zero-order chi connectivity index (χ0) is 33.4. The number of fused-ring (bicyclic) bond motifs is 2. The first-order valence-electron chi connectivity index (χ1n) is 17.6. The van der Waals surface area contributed by atoms with Crippen LogP contribution in [-0.4, -0.2) is 83.3 Å². The molecule has 0 bridgehead atoms. The third-order valence-corrected chi connectivity index (χ3v) is 10.9. The Hall–Kier alpha value is -4.88. The zero-order valence-electron chi connectivity index (χ0n) is 28.1. The summed E-state index contributed by atoms with van der Waals surface area (Å²) in [6.07, 6.45) is 5.15. The topological polar surface area (TPSA) is 98.1 Å². The van der Waals surface area contributed by atoms with Crippen LogP contribution < -0.4 is 14.5 Å². The fourth-order valence-corrected chi connectivity index (χ4v) is 7.98. The number of benzene rings is 3. The first-order valence-corrected chi connectivity index (χ1v) is 17.6. The van der Waals surface area contributed by atoms with Gasteiger partial charge < -0.3 is 29.1 Å². The molecule has 0 N–H and O–H groups in total. The Balaban J connectivity index is 1.10. The smallest absolute Gasteiger partial charge is 0.410 e. The number of carbonyl (C=O) groups excluding carboxylic acids is 1. The normalized spacial score (nSPS) is 21.4. The van der Waals surface area contributed by atoms with Gasteiger partial charge in [-0.25, -0.2) is 4.79 Å². The molecule has 252 valence electrons. The summed E-state index contributed by atoms with van der Waals surface area (Å²) in [7, 11) is 2.15. The molecule has 10 heteroatoms. The molecule has 2 atom stereocenters. The Labute approximate surface area is 287 Å². The van der Waals surface area contributed by atoms with Gasteiger partial charge in [-0.1, -0.05) is 66.7 Å². The first-order chi connectivity index (χ1) is 24.0. The van der Waals surface area contributed by atoms with E-state index in [0.29, 0.717) is 44.8 Å². The van der Waals surface area contributed by atoms with Crippen molar-refractivity contribution in [2.24, 2.45) is 0 Å². The second-order valence-corrected chi connectivity index (χ2v) is 14.0. The Morgan fingerprint density at radius 1 is 0.980 bits per heavy atom. The van der Waals surface area contributed by atoms with Crippen molar-refractivity contribution >= 4 is 28.4 Å². The van der Waals surface area contributed by atoms with Gasteiger partial charge in [-0.05, 0) is 56.3 Å². The van der Waals surface area contributed by atoms with Crippen molar-refractivity contribution in [1.29, 1.82) is 5.26 Å². The quantitative estimate of drug-likeness (QED) is 0.228. The second-order valence-electron chi connectivity index (χ2n) is 14.0. The molecule has 8 rings (SSSR count). The fraction of sp³-hybridized carbons (Fsp3) is 0.436. The van der Waals surface area contributed by atoms with E-state index in [0.717, 1.165) is 54.9 Å². The van der Waals surface area contributed by atoms with E-state index >= 15 is 0 Å². The molecular weight excluding hydrogens is 614 g/mol. The number of rotatable bonds is 8. The largest absolute Gasteiger partial charge is 0.462 e. The van der Waals surface area contributed by atoms with Crippen molar-refractivity contribution in [3.63, 3.8) is 0 Å². The van der Waals surface area contributed by atoms with E-state index in [1.54, 1.807) is 4.90 Å². The van der Waals surface area contributed by atoms with Crippen LogP contribution in [0.15, 0.2) is 72.8 Å². The summed E-state index contributed by atoms with van der Waals surface area (Å²) in [5.41, 5.74) is 4.34. The number of likely N-dealkylation sites (N-methyl/N-ethyl adjacent to an activating group) is 1. The Bertz CT molecular complexity index is 1870. The maximum absolute atomic E-state index is 13.3. The summed E-state index contributed by atoms with van der Waals surface area (Å²) < 4.78 is 12.1. The van der Waals surface area contributed by atoms with Gasteiger partial charge in [0.15, 0.2) is 0 Å². The average Bonchev–Trinajstić information content (AvgIpc) is 3.78. The molecular formula is C39H43N7O3. The molecule has 1 aliphatic carbocycles. The molecule has 10 nitrogen and oxygen atoms in total. The molecule has 1 amide bonds. The van der Waals surface area contributed by atoms with Gasteiger partial charge in [0.05, 0.1) is 30.8 Å². The van der Waals surface area contributed by atoms with E-state index in [9.17, 15) is 10.1 Å². The van der Waals surface area contributed by atoms with Gasteiger partial charge >= 0.3 is 12.1 Å². The molecule has 3 fully saturated rings. The monoisotopic (exact) mass is 657 g/mol. The number of aromatic nitrogens is 2. The lowest BCUT2D eigenvalue weighted by Crippen LogP contribution is -2.56. The number of hydrogen-bond donors (Lipinski definition) is 0. The average molecular weight is 658 g/mol. The van der Waals surface area contributed by atoms with E-state index in [2.05, 4.69) is 70.3 Å². The summed E-state index contributed by atoms with van der Waals surface area (Å²) in [5.74, 6) is 0.879. The van der Waals surface area contributed by atoms with Gasteiger partial charge in [-0.3, -0.25) is 0 Å². The Morgan fingerprint density at radius 2 is 1.80 bits per heavy atom. The molecule has 49 heavy (non-hydrogen) atoms. The lowest BCUT2D eigenvalue weighted by atomic mass is 9.93. The van der Waals surface area contributed by atoms with Crippen molar-refractivity contribution in [2.75, 3.05) is 49.6 Å². The third-order valence-electron chi connectivity index (χ3n) is 10.9. The zero-order valence-corrected chi connectivity index (χ0v) is 28.1. The van der Waals surface area contributed by atoms with Crippen LogP contribution in [0.2, 0.25) is 0 Å². The van der Waals surface area contributed by atoms with E-state index in [1.165, 1.54) is 22.9 Å². The van der Waals surface area contributed by atoms with Gasteiger partial charge in [0.1, 0.15) is 19.0 Å². The lowest BCUT2D eigenvalue weighted by molar-refractivity contribution is 0.0767. The minimum Gasteiger partial charge on any atom is -0.462 e. The number of carbonyl (C=O) groups is 1. The van der Waals surface area contributed by atoms with Crippen molar-refractivity contribution in [3.8, 4) is 12.1 Å². The predicted octanol–water partition coefficient (Wildman–Crippen LogP) is 5.94. The number of likely N-dealkylation sites (tertiary alicyclic amines) is 1. The van der Waals surface area contributed by atoms with Crippen molar-refractivity contribution < 1.29 is 14.3 Å². The predicted molar refractivity (Wildman–Crippen MR) is 189 cm³/mol. The van der Waals surface area contributed by atoms with Gasteiger partial charge in [0.25, 0.3) is 0 Å². The van der Waals surface area contributed by atoms with Gasteiger partial charge in [0, 0.05) is 54.3 Å². The van der Waals surface area contributed by atoms with Crippen LogP contribution >= 0.6 is 0 Å². The molecule has 1 aromatic heterocycles. The SMILES string of the molecule is CN1CCC[C@H]1COc1nc2c(c(N3CCN(C(=O)OCc4ccccc4)[C@@H](CC#N)C3)n1)CC1(CC1)N(c1cccc3ccccc13)C2. The molecule has 4 aliphatic rings. The summed E-state index contributed by atoms with van der Waals surface area (Å²) in [6.45, 7) is 4.00. The van der Waals surface area contributed by atoms with Crippen LogP contribution in [0.5, 0.6) is 6.01 Å². The molecule has 4 aromatic rings. The molecule has 3 aliphatic heterocycles. The van der Waals surface area contributed by atoms with E-state index in [4.69, 9.17) is 19.4 Å². The molecule has 0 radical (unpaired) electrons. The van der Waals surface area contributed by atoms with E-state index < -0.39 is 0 Å². The van der Waals surface area contributed by atoms with Gasteiger partial charge in [-0.15, -0.1) is 0 Å². The van der Waals surface area contributed by atoms with Gasteiger partial charge in [-0.2, -0.15) is 15.2 Å². The van der Waals surface area contributed by atoms with Gasteiger partial charge in [0.2, 0.25) is 0 Å². The number of nitrogens with zero attached hydrogens (tertiary/aromatic N) is 7. The summed E-state index contributed by atoms with van der Waals surface area (Å²) in [5, 5.41) is 12.3. The highest BCUT2D eigenvalue weighted by atomic mass is 16.6. The van der Waals surface area contributed by atoms with Crippen LogP contribution in [0.1, 0.15) is 48.9 Å². The highest BCUT2D eigenvalue weighted by Gasteiger charge is 2.52. The Kier molecular flexibility index (Phi) is 8.46. The maximum atomic E-state index is 13.3. The molecule has 4 heterocycles. The first kappa shape index (κ1) is 31.4. The van der Waals surface area contributed by atoms with E-state index in [1.807, 2.05) is 30.3 Å². The fourth-order valence-electron chi connectivity index (χ4n) is 7.98. The molecule has 1 saturated carbocycles. The third kappa shape index (κ3) is 6.24. The van der Waals surface area contributed by atoms with Crippen LogP contribution in [0, 0.1) is 11.3 Å². The minimum absolute atomic E-state index is 0.0132. The van der Waals surface area contributed by atoms with Crippen molar-refractivity contribution in [3.05, 3.63) is 89.6 Å². The number of amides is 1. The van der Waals surface area contributed by atoms with E-state index in [-0.39, 0.29) is 30.7 Å². The lowest BCUT2D eigenvalue weighted by Gasteiger charge is -2.43. The summed E-state index contributed by atoms with van der Waals surface area (Å²) in [4.78, 5) is 32.4. The molecule has 3 aromatic carbocycles. The minimum atomic E-state index is -0.388. The standard InChI is InChI=1S/C39H43N7O3/c1-43-20-8-13-31(43)27-48-37-41-34-25-46(35-15-7-12-29-11-5-6-14-32(29)35)39(17-18-39)23-33(34)36(42-37)44-21-22-45(30(24-44)16-19-40)38(47)49-26-28-9-3-2-4-10-28/h2-7,9-12,14-15,30-31H,8,13,16-18,20-27H2,1H3/t30-,31-/m0/s1. The second kappa shape index (κ2) is 13.2. The molecule has 1 spiro atoms. The summed E-state index contributed by atoms with van der Waals surface area (Å²) in [6, 6.07) is 27.6. The number of hydrogen-bond acceptors (Lipinski definition) is 9. The van der Waals surface area contributed by atoms with Crippen LogP contribution in [-0.2, 0) is 24.3 Å². The number of nitriles is 1. The highest BCUT2D eigenvalue weighted by molar-refractivity contribution is 5.95. The van der Waals surface area contributed by atoms with Crippen molar-refractivity contribution in [2.45, 2.75) is 69.3 Å². The Morgan fingerprint density at radius 3 is 2.59 bits per heavy atom. The number of piperazine rings is 1. The van der Waals surface area contributed by atoms with Crippen molar-refractivity contribution in [1.82, 2.24) is 19.8 Å². The van der Waals surface area contributed by atoms with Crippen LogP contribution in [0.25, 0.3) is 10.8 Å². The maximum Gasteiger partial charge on any atom is 0.410 e. The highest BCUT2D eigenvalue weighted by Crippen LogP contribution is 2.52. The van der Waals surface area contributed by atoms with Crippen LogP contribution in [0.3, 0.4) is 0 Å². The number of ether oxygens (including phenoxy) is 2.